The lowest BCUT2D eigenvalue weighted by molar-refractivity contribution is 0.0688. The maximum absolute atomic E-state index is 11.1. The van der Waals surface area contributed by atoms with E-state index in [0.717, 1.165) is 25.7 Å². The van der Waals surface area contributed by atoms with Gasteiger partial charge in [0.25, 0.3) is 0 Å². The summed E-state index contributed by atoms with van der Waals surface area (Å²) in [6, 6.07) is 0. The molecule has 2 rings (SSSR count). The third-order valence-electron chi connectivity index (χ3n) is 3.05. The van der Waals surface area contributed by atoms with Crippen molar-refractivity contribution in [1.29, 1.82) is 0 Å². The number of carbonyl (C=O) groups is 1. The van der Waals surface area contributed by atoms with Crippen LogP contribution in [0.3, 0.4) is 0 Å². The SMILES string of the molecule is Cc1nc(N)c(C2CCCC2)c(C(=O)O)n1. The molecule has 3 N–H and O–H groups in total. The lowest BCUT2D eigenvalue weighted by Gasteiger charge is -2.14. The molecule has 0 spiro atoms. The summed E-state index contributed by atoms with van der Waals surface area (Å²) in [5.41, 5.74) is 6.54. The number of aryl methyl sites for hydroxylation is 1. The molecule has 1 aliphatic carbocycles. The molecular formula is C11H15N3O2. The summed E-state index contributed by atoms with van der Waals surface area (Å²) in [6.45, 7) is 1.65. The summed E-state index contributed by atoms with van der Waals surface area (Å²) in [4.78, 5) is 19.2. The van der Waals surface area contributed by atoms with Crippen LogP contribution in [0.15, 0.2) is 0 Å². The van der Waals surface area contributed by atoms with E-state index in [-0.39, 0.29) is 11.6 Å². The highest BCUT2D eigenvalue weighted by atomic mass is 16.4. The first-order valence-corrected chi connectivity index (χ1v) is 5.47. The van der Waals surface area contributed by atoms with Crippen molar-refractivity contribution in [3.05, 3.63) is 17.1 Å². The molecule has 1 fully saturated rings. The molecule has 0 amide bonds. The molecule has 16 heavy (non-hydrogen) atoms. The molecule has 0 aliphatic heterocycles. The molecule has 0 atom stereocenters. The summed E-state index contributed by atoms with van der Waals surface area (Å²) in [6.07, 6.45) is 4.21. The van der Waals surface area contributed by atoms with E-state index >= 15 is 0 Å². The van der Waals surface area contributed by atoms with Crippen molar-refractivity contribution in [2.75, 3.05) is 5.73 Å². The standard InChI is InChI=1S/C11H15N3O2/c1-6-13-9(11(15)16)8(10(12)14-6)7-4-2-3-5-7/h7H,2-5H2,1H3,(H,15,16)(H2,12,13,14). The van der Waals surface area contributed by atoms with E-state index < -0.39 is 5.97 Å². The number of carboxylic acid groups (broad SMARTS) is 1. The molecule has 0 unspecified atom stereocenters. The number of nitrogen functional groups attached to an aromatic ring is 1. The van der Waals surface area contributed by atoms with Gasteiger partial charge in [-0.1, -0.05) is 12.8 Å². The van der Waals surface area contributed by atoms with Crippen molar-refractivity contribution < 1.29 is 9.90 Å². The van der Waals surface area contributed by atoms with Crippen LogP contribution in [-0.2, 0) is 0 Å². The minimum atomic E-state index is -1.01. The number of nitrogens with zero attached hydrogens (tertiary/aromatic N) is 2. The first-order valence-electron chi connectivity index (χ1n) is 5.47. The van der Waals surface area contributed by atoms with E-state index in [1.54, 1.807) is 6.92 Å². The number of rotatable bonds is 2. The molecule has 0 bridgehead atoms. The monoisotopic (exact) mass is 221 g/mol. The third-order valence-corrected chi connectivity index (χ3v) is 3.05. The zero-order valence-corrected chi connectivity index (χ0v) is 9.23. The van der Waals surface area contributed by atoms with E-state index in [0.29, 0.717) is 17.2 Å². The maximum Gasteiger partial charge on any atom is 0.355 e. The zero-order valence-electron chi connectivity index (χ0n) is 9.23. The molecule has 1 aromatic heterocycles. The fourth-order valence-electron chi connectivity index (χ4n) is 2.38. The van der Waals surface area contributed by atoms with Crippen LogP contribution in [0, 0.1) is 6.92 Å². The molecule has 1 aliphatic rings. The van der Waals surface area contributed by atoms with Gasteiger partial charge in [-0.05, 0) is 25.7 Å². The number of aromatic carboxylic acids is 1. The minimum absolute atomic E-state index is 0.0805. The van der Waals surface area contributed by atoms with Crippen LogP contribution >= 0.6 is 0 Å². The highest BCUT2D eigenvalue weighted by Crippen LogP contribution is 2.37. The quantitative estimate of drug-likeness (QED) is 0.793. The Balaban J connectivity index is 2.52. The molecule has 1 aromatic rings. The van der Waals surface area contributed by atoms with Crippen molar-refractivity contribution in [2.45, 2.75) is 38.5 Å². The lowest BCUT2D eigenvalue weighted by atomic mass is 9.96. The van der Waals surface area contributed by atoms with Gasteiger partial charge in [0.15, 0.2) is 5.69 Å². The second-order valence-corrected chi connectivity index (χ2v) is 4.20. The smallest absolute Gasteiger partial charge is 0.355 e. The van der Waals surface area contributed by atoms with Gasteiger partial charge >= 0.3 is 5.97 Å². The van der Waals surface area contributed by atoms with E-state index in [4.69, 9.17) is 10.8 Å². The van der Waals surface area contributed by atoms with E-state index in [2.05, 4.69) is 9.97 Å². The Morgan fingerprint density at radius 3 is 2.56 bits per heavy atom. The van der Waals surface area contributed by atoms with Gasteiger partial charge in [-0.3, -0.25) is 0 Å². The second-order valence-electron chi connectivity index (χ2n) is 4.20. The summed E-state index contributed by atoms with van der Waals surface area (Å²) in [5.74, 6) is -0.0563. The van der Waals surface area contributed by atoms with Crippen molar-refractivity contribution in [3.63, 3.8) is 0 Å². The van der Waals surface area contributed by atoms with Crippen LogP contribution < -0.4 is 5.73 Å². The van der Waals surface area contributed by atoms with Gasteiger partial charge in [0, 0.05) is 5.56 Å². The van der Waals surface area contributed by atoms with Crippen LogP contribution in [0.4, 0.5) is 5.82 Å². The predicted octanol–water partition coefficient (Wildman–Crippen LogP) is 1.72. The Labute approximate surface area is 93.7 Å². The topological polar surface area (TPSA) is 89.1 Å². The molecule has 5 heteroatoms. The Morgan fingerprint density at radius 2 is 2.00 bits per heavy atom. The van der Waals surface area contributed by atoms with Gasteiger partial charge < -0.3 is 10.8 Å². The summed E-state index contributed by atoms with van der Waals surface area (Å²) in [5, 5.41) is 9.13. The average Bonchev–Trinajstić information content (AvgIpc) is 2.69. The number of aromatic nitrogens is 2. The first-order chi connectivity index (χ1) is 7.59. The fourth-order valence-corrected chi connectivity index (χ4v) is 2.38. The molecule has 1 heterocycles. The summed E-state index contributed by atoms with van der Waals surface area (Å²) < 4.78 is 0. The molecule has 0 saturated heterocycles. The molecule has 0 aromatic carbocycles. The molecular weight excluding hydrogens is 206 g/mol. The van der Waals surface area contributed by atoms with Crippen LogP contribution in [-0.4, -0.2) is 21.0 Å². The van der Waals surface area contributed by atoms with Gasteiger partial charge in [-0.2, -0.15) is 0 Å². The number of hydrogen-bond donors (Lipinski definition) is 2. The number of carboxylic acids is 1. The number of nitrogens with two attached hydrogens (primary N) is 1. The van der Waals surface area contributed by atoms with E-state index in [9.17, 15) is 4.79 Å². The van der Waals surface area contributed by atoms with Gasteiger partial charge in [0.2, 0.25) is 0 Å². The number of hydrogen-bond acceptors (Lipinski definition) is 4. The zero-order chi connectivity index (χ0) is 11.7. The lowest BCUT2D eigenvalue weighted by Crippen LogP contribution is -2.14. The highest BCUT2D eigenvalue weighted by molar-refractivity contribution is 5.88. The Hall–Kier alpha value is -1.65. The van der Waals surface area contributed by atoms with Gasteiger partial charge in [0.1, 0.15) is 11.6 Å². The molecule has 5 nitrogen and oxygen atoms in total. The first kappa shape index (κ1) is 10.9. The van der Waals surface area contributed by atoms with Crippen molar-refractivity contribution >= 4 is 11.8 Å². The number of anilines is 1. The van der Waals surface area contributed by atoms with Crippen LogP contribution in [0.25, 0.3) is 0 Å². The minimum Gasteiger partial charge on any atom is -0.476 e. The normalized spacial score (nSPS) is 16.6. The van der Waals surface area contributed by atoms with Crippen LogP contribution in [0.2, 0.25) is 0 Å². The van der Waals surface area contributed by atoms with Crippen molar-refractivity contribution in [3.8, 4) is 0 Å². The average molecular weight is 221 g/mol. The predicted molar refractivity (Wildman–Crippen MR) is 59.3 cm³/mol. The molecule has 0 radical (unpaired) electrons. The molecule has 86 valence electrons. The van der Waals surface area contributed by atoms with E-state index in [1.807, 2.05) is 0 Å². The highest BCUT2D eigenvalue weighted by Gasteiger charge is 2.26. The Kier molecular flexibility index (Phi) is 2.77. The van der Waals surface area contributed by atoms with Crippen LogP contribution in [0.1, 0.15) is 53.5 Å². The Bertz CT molecular complexity index is 425. The largest absolute Gasteiger partial charge is 0.476 e. The Morgan fingerprint density at radius 1 is 1.38 bits per heavy atom. The fraction of sp³-hybridized carbons (Fsp3) is 0.545. The van der Waals surface area contributed by atoms with Crippen molar-refractivity contribution in [2.24, 2.45) is 0 Å². The maximum atomic E-state index is 11.1. The van der Waals surface area contributed by atoms with Crippen LogP contribution in [0.5, 0.6) is 0 Å². The van der Waals surface area contributed by atoms with Crippen molar-refractivity contribution in [1.82, 2.24) is 9.97 Å². The molecule has 1 saturated carbocycles. The van der Waals surface area contributed by atoms with Gasteiger partial charge in [0.05, 0.1) is 0 Å². The summed E-state index contributed by atoms with van der Waals surface area (Å²) >= 11 is 0. The second kappa shape index (κ2) is 4.08. The van der Waals surface area contributed by atoms with E-state index in [1.165, 1.54) is 0 Å². The van der Waals surface area contributed by atoms with Gasteiger partial charge in [-0.25, -0.2) is 14.8 Å². The third kappa shape index (κ3) is 1.85. The summed E-state index contributed by atoms with van der Waals surface area (Å²) in [7, 11) is 0. The van der Waals surface area contributed by atoms with Gasteiger partial charge in [-0.15, -0.1) is 0 Å².